The summed E-state index contributed by atoms with van der Waals surface area (Å²) >= 11 is 0. The molecular formula is C23H24N6O6. The molecule has 182 valence electrons. The summed E-state index contributed by atoms with van der Waals surface area (Å²) in [6, 6.07) is 7.28. The van der Waals surface area contributed by atoms with E-state index in [4.69, 9.17) is 23.7 Å². The molecule has 0 aliphatic carbocycles. The number of aromatic nitrogens is 4. The van der Waals surface area contributed by atoms with Gasteiger partial charge in [-0.15, -0.1) is 10.2 Å². The van der Waals surface area contributed by atoms with Crippen LogP contribution in [-0.2, 0) is 4.74 Å². The fourth-order valence-corrected chi connectivity index (χ4v) is 4.52. The average Bonchev–Trinajstić information content (AvgIpc) is 3.49. The van der Waals surface area contributed by atoms with Gasteiger partial charge >= 0.3 is 6.09 Å². The Bertz CT molecular complexity index is 1260. The molecule has 2 atom stereocenters. The van der Waals surface area contributed by atoms with Gasteiger partial charge in [0.1, 0.15) is 37.5 Å². The van der Waals surface area contributed by atoms with Gasteiger partial charge in [-0.2, -0.15) is 0 Å². The summed E-state index contributed by atoms with van der Waals surface area (Å²) in [4.78, 5) is 24.9. The number of anilines is 1. The van der Waals surface area contributed by atoms with Gasteiger partial charge in [0.05, 0.1) is 24.6 Å². The van der Waals surface area contributed by atoms with Crippen LogP contribution in [0.1, 0.15) is 6.42 Å². The van der Waals surface area contributed by atoms with Crippen molar-refractivity contribution in [2.24, 2.45) is 0 Å². The maximum absolute atomic E-state index is 12.5. The molecule has 0 N–H and O–H groups in total. The summed E-state index contributed by atoms with van der Waals surface area (Å²) in [6.45, 7) is 3.37. The lowest BCUT2D eigenvalue weighted by Crippen LogP contribution is -2.35. The summed E-state index contributed by atoms with van der Waals surface area (Å²) in [5, 5.41) is 8.93. The maximum atomic E-state index is 12.5. The fourth-order valence-electron chi connectivity index (χ4n) is 4.52. The molecule has 0 unspecified atom stereocenters. The van der Waals surface area contributed by atoms with Gasteiger partial charge < -0.3 is 23.7 Å². The molecule has 0 spiro atoms. The van der Waals surface area contributed by atoms with E-state index >= 15 is 0 Å². The van der Waals surface area contributed by atoms with Crippen molar-refractivity contribution in [2.45, 2.75) is 18.6 Å². The first-order chi connectivity index (χ1) is 17.2. The third-order valence-corrected chi connectivity index (χ3v) is 6.22. The molecule has 6 rings (SSSR count). The second kappa shape index (κ2) is 9.02. The lowest BCUT2D eigenvalue weighted by Gasteiger charge is -2.20. The Labute approximate surface area is 200 Å². The molecule has 12 nitrogen and oxygen atoms in total. The Morgan fingerprint density at radius 1 is 1.11 bits per heavy atom. The summed E-state index contributed by atoms with van der Waals surface area (Å²) in [7, 11) is 1.62. The molecule has 2 aromatic heterocycles. The molecule has 12 heteroatoms. The number of ether oxygens (including phenoxy) is 5. The van der Waals surface area contributed by atoms with Crippen LogP contribution in [0.15, 0.2) is 30.6 Å². The molecule has 5 heterocycles. The number of carbonyl (C=O) groups excluding carboxylic acids is 1. The van der Waals surface area contributed by atoms with Crippen molar-refractivity contribution < 1.29 is 28.5 Å². The lowest BCUT2D eigenvalue weighted by atomic mass is 10.2. The quantitative estimate of drug-likeness (QED) is 0.512. The molecule has 0 bridgehead atoms. The normalized spacial score (nSPS) is 21.9. The van der Waals surface area contributed by atoms with Gasteiger partial charge in [0.2, 0.25) is 5.88 Å². The van der Waals surface area contributed by atoms with E-state index in [2.05, 4.69) is 25.1 Å². The van der Waals surface area contributed by atoms with Crippen LogP contribution in [0.25, 0.3) is 10.9 Å². The minimum Gasteiger partial charge on any atom is -0.497 e. The number of nitrogens with zero attached hydrogens (tertiary/aromatic N) is 6. The van der Waals surface area contributed by atoms with Gasteiger partial charge in [-0.1, -0.05) is 0 Å². The highest BCUT2D eigenvalue weighted by molar-refractivity contribution is 5.88. The van der Waals surface area contributed by atoms with Crippen LogP contribution in [0.5, 0.6) is 23.3 Å². The van der Waals surface area contributed by atoms with Crippen LogP contribution in [0.2, 0.25) is 0 Å². The van der Waals surface area contributed by atoms with E-state index in [1.54, 1.807) is 13.2 Å². The zero-order chi connectivity index (χ0) is 23.8. The summed E-state index contributed by atoms with van der Waals surface area (Å²) in [5.41, 5.74) is 0.797. The van der Waals surface area contributed by atoms with Gasteiger partial charge in [0.15, 0.2) is 11.6 Å². The number of hydrogen-bond acceptors (Lipinski definition) is 11. The second-order valence-electron chi connectivity index (χ2n) is 8.54. The molecule has 3 aliphatic rings. The van der Waals surface area contributed by atoms with E-state index < -0.39 is 6.09 Å². The van der Waals surface area contributed by atoms with Gasteiger partial charge in [-0.25, -0.2) is 14.8 Å². The van der Waals surface area contributed by atoms with Gasteiger partial charge in [-0.05, 0) is 24.6 Å². The van der Waals surface area contributed by atoms with Crippen molar-refractivity contribution >= 4 is 22.8 Å². The predicted molar refractivity (Wildman–Crippen MR) is 122 cm³/mol. The van der Waals surface area contributed by atoms with Crippen LogP contribution in [0.4, 0.5) is 10.6 Å². The minimum absolute atomic E-state index is 0.0313. The molecule has 0 radical (unpaired) electrons. The number of rotatable bonds is 6. The van der Waals surface area contributed by atoms with Crippen molar-refractivity contribution in [3.63, 3.8) is 0 Å². The SMILES string of the molecule is COc1ccc2ncnc(O[C@H]3CCN(C[C@@H]4CN(c5cc6c(nn5)OCCO6)C(=O)O4)C3)c2c1. The second-order valence-corrected chi connectivity index (χ2v) is 8.54. The molecular weight excluding hydrogens is 456 g/mol. The van der Waals surface area contributed by atoms with E-state index in [1.165, 1.54) is 11.2 Å². The Morgan fingerprint density at radius 3 is 2.94 bits per heavy atom. The van der Waals surface area contributed by atoms with E-state index in [1.807, 2.05) is 18.2 Å². The topological polar surface area (TPSA) is 121 Å². The lowest BCUT2D eigenvalue weighted by molar-refractivity contribution is 0.111. The monoisotopic (exact) mass is 480 g/mol. The van der Waals surface area contributed by atoms with E-state index in [0.29, 0.717) is 56.2 Å². The zero-order valence-electron chi connectivity index (χ0n) is 19.1. The summed E-state index contributed by atoms with van der Waals surface area (Å²) in [5.74, 6) is 2.46. The maximum Gasteiger partial charge on any atom is 0.416 e. The molecule has 2 fully saturated rings. The first-order valence-corrected chi connectivity index (χ1v) is 11.5. The molecule has 2 saturated heterocycles. The third-order valence-electron chi connectivity index (χ3n) is 6.22. The Kier molecular flexibility index (Phi) is 5.57. The molecule has 35 heavy (non-hydrogen) atoms. The van der Waals surface area contributed by atoms with Crippen molar-refractivity contribution in [1.82, 2.24) is 25.1 Å². The number of methoxy groups -OCH3 is 1. The Hall–Kier alpha value is -3.93. The molecule has 3 aliphatic heterocycles. The van der Waals surface area contributed by atoms with Crippen LogP contribution < -0.4 is 23.8 Å². The highest BCUT2D eigenvalue weighted by Crippen LogP contribution is 2.32. The van der Waals surface area contributed by atoms with Crippen molar-refractivity contribution in [2.75, 3.05) is 51.4 Å². The highest BCUT2D eigenvalue weighted by Gasteiger charge is 2.37. The highest BCUT2D eigenvalue weighted by atomic mass is 16.6. The number of amides is 1. The van der Waals surface area contributed by atoms with E-state index in [9.17, 15) is 4.79 Å². The van der Waals surface area contributed by atoms with Gasteiger partial charge in [0, 0.05) is 25.7 Å². The van der Waals surface area contributed by atoms with Gasteiger partial charge in [0.25, 0.3) is 5.88 Å². The van der Waals surface area contributed by atoms with Gasteiger partial charge in [-0.3, -0.25) is 9.80 Å². The number of carbonyl (C=O) groups is 1. The molecule has 1 aromatic carbocycles. The van der Waals surface area contributed by atoms with Crippen LogP contribution in [0.3, 0.4) is 0 Å². The van der Waals surface area contributed by atoms with Crippen LogP contribution in [0, 0.1) is 0 Å². The number of benzene rings is 1. The number of cyclic esters (lactones) is 1. The zero-order valence-corrected chi connectivity index (χ0v) is 19.1. The van der Waals surface area contributed by atoms with Crippen molar-refractivity contribution in [3.8, 4) is 23.3 Å². The largest absolute Gasteiger partial charge is 0.497 e. The summed E-state index contributed by atoms with van der Waals surface area (Å²) < 4.78 is 28.1. The summed E-state index contributed by atoms with van der Waals surface area (Å²) in [6.07, 6.45) is 1.57. The Morgan fingerprint density at radius 2 is 2.03 bits per heavy atom. The standard InChI is InChI=1S/C23H24N6O6/c1-31-14-2-3-18-17(8-14)21(25-13-24-18)34-15-4-5-28(10-15)11-16-12-29(23(30)35-16)20-9-19-22(27-26-20)33-7-6-32-19/h2-3,8-9,13,15-16H,4-7,10-12H2,1H3/t15-,16+/m0/s1. The molecule has 3 aromatic rings. The van der Waals surface area contributed by atoms with E-state index in [0.717, 1.165) is 29.6 Å². The first kappa shape index (κ1) is 21.6. The molecule has 0 saturated carbocycles. The third kappa shape index (κ3) is 4.32. The van der Waals surface area contributed by atoms with Crippen LogP contribution in [-0.4, -0.2) is 89.9 Å². The van der Waals surface area contributed by atoms with E-state index in [-0.39, 0.29) is 12.2 Å². The minimum atomic E-state index is -0.450. The first-order valence-electron chi connectivity index (χ1n) is 11.5. The fraction of sp³-hybridized carbons (Fsp3) is 0.435. The van der Waals surface area contributed by atoms with Crippen LogP contribution >= 0.6 is 0 Å². The smallest absolute Gasteiger partial charge is 0.416 e. The Balaban J connectivity index is 1.08. The van der Waals surface area contributed by atoms with Crippen molar-refractivity contribution in [1.29, 1.82) is 0 Å². The number of hydrogen-bond donors (Lipinski definition) is 0. The predicted octanol–water partition coefficient (Wildman–Crippen LogP) is 1.68. The van der Waals surface area contributed by atoms with Crippen molar-refractivity contribution in [3.05, 3.63) is 30.6 Å². The number of fused-ring (bicyclic) bond motifs is 2. The average molecular weight is 480 g/mol. The number of likely N-dealkylation sites (tertiary alicyclic amines) is 1. The molecule has 1 amide bonds.